The van der Waals surface area contributed by atoms with E-state index in [1.54, 1.807) is 18.3 Å². The van der Waals surface area contributed by atoms with Crippen LogP contribution in [0.1, 0.15) is 22.1 Å². The first kappa shape index (κ1) is 15.1. The number of benzene rings is 2. The van der Waals surface area contributed by atoms with E-state index in [1.807, 2.05) is 47.4 Å². The fraction of sp³-hybridized carbons (Fsp3) is 0.105. The number of amides is 2. The maximum atomic E-state index is 12.6. The summed E-state index contributed by atoms with van der Waals surface area (Å²) >= 11 is 0. The molecule has 6 heteroatoms. The lowest BCUT2D eigenvalue weighted by Gasteiger charge is -2.38. The molecule has 25 heavy (non-hydrogen) atoms. The highest BCUT2D eigenvalue weighted by Crippen LogP contribution is 2.34. The number of hydrogen-bond acceptors (Lipinski definition) is 4. The lowest BCUT2D eigenvalue weighted by Crippen LogP contribution is -2.49. The van der Waals surface area contributed by atoms with Crippen LogP contribution in [-0.4, -0.2) is 23.3 Å². The topological polar surface area (TPSA) is 88.3 Å². The van der Waals surface area contributed by atoms with Crippen LogP contribution in [-0.2, 0) is 4.79 Å². The van der Waals surface area contributed by atoms with Gasteiger partial charge in [0.2, 0.25) is 5.91 Å². The number of fused-ring (bicyclic) bond motifs is 2. The van der Waals surface area contributed by atoms with Crippen LogP contribution in [0.4, 0.5) is 5.69 Å². The Hall–Kier alpha value is -3.41. The van der Waals surface area contributed by atoms with E-state index in [0.29, 0.717) is 11.3 Å². The Labute approximate surface area is 144 Å². The largest absolute Gasteiger partial charge is 0.368 e. The molecule has 1 aliphatic heterocycles. The van der Waals surface area contributed by atoms with Gasteiger partial charge in [0.25, 0.3) is 5.91 Å². The summed E-state index contributed by atoms with van der Waals surface area (Å²) in [7, 11) is 0. The van der Waals surface area contributed by atoms with Crippen LogP contribution in [0.5, 0.6) is 0 Å². The van der Waals surface area contributed by atoms with Crippen molar-refractivity contribution >= 4 is 28.4 Å². The van der Waals surface area contributed by atoms with E-state index in [0.717, 1.165) is 16.5 Å². The number of nitrogens with one attached hydrogen (secondary N) is 1. The standard InChI is InChI=1S/C19H16N4O2/c20-16(24)11-23-15-9-2-1-7-13(15)19(25)22-18(23)14-8-3-5-12-6-4-10-21-17(12)14/h1-10,18H,11H2,(H2,20,24)(H,22,25)/t18-/m0/s1. The van der Waals surface area contributed by atoms with Crippen LogP contribution in [0.25, 0.3) is 10.9 Å². The van der Waals surface area contributed by atoms with E-state index >= 15 is 0 Å². The van der Waals surface area contributed by atoms with Crippen molar-refractivity contribution in [2.24, 2.45) is 5.73 Å². The molecular formula is C19H16N4O2. The molecule has 2 heterocycles. The maximum Gasteiger partial charge on any atom is 0.255 e. The minimum Gasteiger partial charge on any atom is -0.368 e. The summed E-state index contributed by atoms with van der Waals surface area (Å²) in [6.07, 6.45) is 1.19. The predicted molar refractivity (Wildman–Crippen MR) is 94.9 cm³/mol. The van der Waals surface area contributed by atoms with Crippen molar-refractivity contribution in [3.63, 3.8) is 0 Å². The Balaban J connectivity index is 1.90. The monoisotopic (exact) mass is 332 g/mol. The number of nitrogens with two attached hydrogens (primary N) is 1. The van der Waals surface area contributed by atoms with Gasteiger partial charge in [0, 0.05) is 17.1 Å². The molecule has 4 rings (SSSR count). The van der Waals surface area contributed by atoms with Crippen LogP contribution in [0.15, 0.2) is 60.8 Å². The van der Waals surface area contributed by atoms with Crippen molar-refractivity contribution in [2.45, 2.75) is 6.17 Å². The third-order valence-corrected chi connectivity index (χ3v) is 4.32. The molecule has 1 aliphatic rings. The zero-order valence-electron chi connectivity index (χ0n) is 13.3. The molecule has 0 aliphatic carbocycles. The van der Waals surface area contributed by atoms with Gasteiger partial charge in [0.1, 0.15) is 6.17 Å². The van der Waals surface area contributed by atoms with Crippen molar-refractivity contribution in [2.75, 3.05) is 11.4 Å². The van der Waals surface area contributed by atoms with E-state index in [1.165, 1.54) is 0 Å². The number of rotatable bonds is 3. The normalized spacial score (nSPS) is 16.4. The average molecular weight is 332 g/mol. The highest BCUT2D eigenvalue weighted by Gasteiger charge is 2.33. The molecule has 3 N–H and O–H groups in total. The Morgan fingerprint density at radius 3 is 2.76 bits per heavy atom. The van der Waals surface area contributed by atoms with Gasteiger partial charge in [-0.3, -0.25) is 14.6 Å². The van der Waals surface area contributed by atoms with Crippen molar-refractivity contribution in [3.8, 4) is 0 Å². The molecule has 0 spiro atoms. The highest BCUT2D eigenvalue weighted by atomic mass is 16.2. The van der Waals surface area contributed by atoms with E-state index in [2.05, 4.69) is 10.3 Å². The van der Waals surface area contributed by atoms with Crippen LogP contribution in [0, 0.1) is 0 Å². The zero-order valence-corrected chi connectivity index (χ0v) is 13.3. The Bertz CT molecular complexity index is 981. The third-order valence-electron chi connectivity index (χ3n) is 4.32. The van der Waals surface area contributed by atoms with Crippen molar-refractivity contribution in [3.05, 3.63) is 71.9 Å². The molecule has 3 aromatic rings. The first-order chi connectivity index (χ1) is 12.1. The number of carbonyl (C=O) groups is 2. The summed E-state index contributed by atoms with van der Waals surface area (Å²) in [6, 6.07) is 16.8. The van der Waals surface area contributed by atoms with Gasteiger partial charge in [-0.25, -0.2) is 0 Å². The summed E-state index contributed by atoms with van der Waals surface area (Å²) in [6.45, 7) is -0.00875. The van der Waals surface area contributed by atoms with E-state index in [9.17, 15) is 9.59 Å². The molecule has 2 amide bonds. The second-order valence-corrected chi connectivity index (χ2v) is 5.91. The van der Waals surface area contributed by atoms with Gasteiger partial charge < -0.3 is 16.0 Å². The van der Waals surface area contributed by atoms with Gasteiger partial charge in [0.05, 0.1) is 23.3 Å². The third kappa shape index (κ3) is 2.57. The molecule has 0 saturated carbocycles. The Kier molecular flexibility index (Phi) is 3.57. The van der Waals surface area contributed by atoms with Gasteiger partial charge in [0.15, 0.2) is 0 Å². The molecule has 1 atom stereocenters. The summed E-state index contributed by atoms with van der Waals surface area (Å²) in [5.74, 6) is -0.654. The van der Waals surface area contributed by atoms with Gasteiger partial charge in [-0.1, -0.05) is 36.4 Å². The van der Waals surface area contributed by atoms with Crippen LogP contribution < -0.4 is 16.0 Å². The van der Waals surface area contributed by atoms with E-state index in [4.69, 9.17) is 5.73 Å². The number of nitrogens with zero attached hydrogens (tertiary/aromatic N) is 2. The summed E-state index contributed by atoms with van der Waals surface area (Å²) in [5, 5.41) is 3.94. The van der Waals surface area contributed by atoms with Crippen molar-refractivity contribution < 1.29 is 9.59 Å². The van der Waals surface area contributed by atoms with Gasteiger partial charge >= 0.3 is 0 Å². The number of primary amides is 1. The van der Waals surface area contributed by atoms with Crippen molar-refractivity contribution in [1.82, 2.24) is 10.3 Å². The second kappa shape index (κ2) is 5.90. The molecule has 0 radical (unpaired) electrons. The number of aromatic nitrogens is 1. The minimum absolute atomic E-state index is 0.00875. The first-order valence-electron chi connectivity index (χ1n) is 7.93. The Morgan fingerprint density at radius 2 is 1.92 bits per heavy atom. The molecule has 0 unspecified atom stereocenters. The van der Waals surface area contributed by atoms with E-state index < -0.39 is 12.1 Å². The smallest absolute Gasteiger partial charge is 0.255 e. The lowest BCUT2D eigenvalue weighted by molar-refractivity contribution is -0.116. The Morgan fingerprint density at radius 1 is 1.12 bits per heavy atom. The van der Waals surface area contributed by atoms with Crippen LogP contribution in [0.3, 0.4) is 0 Å². The second-order valence-electron chi connectivity index (χ2n) is 5.91. The van der Waals surface area contributed by atoms with Crippen LogP contribution in [0.2, 0.25) is 0 Å². The number of para-hydroxylation sites is 2. The van der Waals surface area contributed by atoms with Gasteiger partial charge in [-0.2, -0.15) is 0 Å². The fourth-order valence-corrected chi connectivity index (χ4v) is 3.27. The predicted octanol–water partition coefficient (Wildman–Crippen LogP) is 1.97. The van der Waals surface area contributed by atoms with Gasteiger partial charge in [-0.05, 0) is 18.2 Å². The zero-order chi connectivity index (χ0) is 17.4. The van der Waals surface area contributed by atoms with E-state index in [-0.39, 0.29) is 12.5 Å². The van der Waals surface area contributed by atoms with Crippen LogP contribution >= 0.6 is 0 Å². The summed E-state index contributed by atoms with van der Waals surface area (Å²) in [5.41, 5.74) is 8.27. The average Bonchev–Trinajstić information content (AvgIpc) is 2.63. The molecular weight excluding hydrogens is 316 g/mol. The highest BCUT2D eigenvalue weighted by molar-refractivity contribution is 6.03. The SMILES string of the molecule is NC(=O)CN1c2ccccc2C(=O)N[C@@H]1c1cccc2cccnc12. The number of pyridine rings is 1. The molecule has 124 valence electrons. The molecule has 0 saturated heterocycles. The molecule has 2 aromatic carbocycles. The fourth-order valence-electron chi connectivity index (χ4n) is 3.27. The first-order valence-corrected chi connectivity index (χ1v) is 7.93. The van der Waals surface area contributed by atoms with Gasteiger partial charge in [-0.15, -0.1) is 0 Å². The molecule has 0 fully saturated rings. The molecule has 6 nitrogen and oxygen atoms in total. The minimum atomic E-state index is -0.520. The summed E-state index contributed by atoms with van der Waals surface area (Å²) < 4.78 is 0. The maximum absolute atomic E-state index is 12.6. The molecule has 1 aromatic heterocycles. The number of anilines is 1. The number of carbonyl (C=O) groups excluding carboxylic acids is 2. The lowest BCUT2D eigenvalue weighted by atomic mass is 10.0. The quantitative estimate of drug-likeness (QED) is 0.767. The van der Waals surface area contributed by atoms with Crippen molar-refractivity contribution in [1.29, 1.82) is 0 Å². The summed E-state index contributed by atoms with van der Waals surface area (Å²) in [4.78, 5) is 30.5. The number of hydrogen-bond donors (Lipinski definition) is 2. The molecule has 0 bridgehead atoms.